The largest absolute Gasteiger partial charge is 0.399 e. The minimum atomic E-state index is -0.281. The summed E-state index contributed by atoms with van der Waals surface area (Å²) >= 11 is 0. The summed E-state index contributed by atoms with van der Waals surface area (Å²) in [4.78, 5) is 18.8. The maximum Gasteiger partial charge on any atom is 0.253 e. The zero-order chi connectivity index (χ0) is 15.9. The average Bonchev–Trinajstić information content (AvgIpc) is 2.55. The van der Waals surface area contributed by atoms with Crippen molar-refractivity contribution in [3.05, 3.63) is 35.4 Å². The van der Waals surface area contributed by atoms with Crippen LogP contribution in [0, 0.1) is 5.92 Å². The summed E-state index contributed by atoms with van der Waals surface area (Å²) in [6, 6.07) is 7.23. The molecule has 22 heavy (non-hydrogen) atoms. The van der Waals surface area contributed by atoms with Crippen molar-refractivity contribution in [2.45, 2.75) is 31.8 Å². The van der Waals surface area contributed by atoms with Crippen molar-refractivity contribution in [2.24, 2.45) is 11.1 Å². The van der Waals surface area contributed by atoms with Gasteiger partial charge >= 0.3 is 0 Å². The van der Waals surface area contributed by atoms with Gasteiger partial charge in [0.25, 0.3) is 5.91 Å². The monoisotopic (exact) mass is 304 g/mol. The maximum atomic E-state index is 12.4. The molecule has 5 nitrogen and oxygen atoms in total. The van der Waals surface area contributed by atoms with E-state index in [9.17, 15) is 9.90 Å². The quantitative estimate of drug-likeness (QED) is 0.670. The molecule has 2 rings (SSSR count). The van der Waals surface area contributed by atoms with Crippen molar-refractivity contribution >= 4 is 12.1 Å². The van der Waals surface area contributed by atoms with E-state index < -0.39 is 0 Å². The fourth-order valence-electron chi connectivity index (χ4n) is 2.88. The number of carbonyl (C=O) groups excluding carboxylic acids is 1. The van der Waals surface area contributed by atoms with Crippen molar-refractivity contribution in [1.29, 1.82) is 0 Å². The van der Waals surface area contributed by atoms with Crippen LogP contribution >= 0.6 is 0 Å². The van der Waals surface area contributed by atoms with Crippen molar-refractivity contribution in [1.82, 2.24) is 4.90 Å². The highest BCUT2D eigenvalue weighted by Gasteiger charge is 2.25. The van der Waals surface area contributed by atoms with E-state index in [1.807, 2.05) is 12.1 Å². The summed E-state index contributed by atoms with van der Waals surface area (Å²) < 4.78 is 0. The van der Waals surface area contributed by atoms with E-state index >= 15 is 0 Å². The molecule has 120 valence electrons. The second-order valence-electron chi connectivity index (χ2n) is 5.84. The summed E-state index contributed by atoms with van der Waals surface area (Å²) in [5.74, 6) is 0.170. The Hall–Kier alpha value is -1.88. The summed E-state index contributed by atoms with van der Waals surface area (Å²) in [5, 5.41) is 13.7. The SMILES string of the molecule is CO/N=C/c1ccc(C(=O)N(C)CC2CCCCC2O)cc1. The summed E-state index contributed by atoms with van der Waals surface area (Å²) in [7, 11) is 3.28. The Balaban J connectivity index is 1.96. The van der Waals surface area contributed by atoms with E-state index in [0.717, 1.165) is 31.2 Å². The summed E-state index contributed by atoms with van der Waals surface area (Å²) in [6.45, 7) is 0.604. The van der Waals surface area contributed by atoms with Gasteiger partial charge in [0.2, 0.25) is 0 Å². The second kappa shape index (κ2) is 7.94. The van der Waals surface area contributed by atoms with Gasteiger partial charge in [0, 0.05) is 25.1 Å². The number of carbonyl (C=O) groups is 1. The average molecular weight is 304 g/mol. The molecule has 1 fully saturated rings. The highest BCUT2D eigenvalue weighted by atomic mass is 16.6. The van der Waals surface area contributed by atoms with Gasteiger partial charge in [-0.2, -0.15) is 0 Å². The predicted molar refractivity (Wildman–Crippen MR) is 86.0 cm³/mol. The maximum absolute atomic E-state index is 12.4. The lowest BCUT2D eigenvalue weighted by atomic mass is 9.86. The molecule has 1 aliphatic carbocycles. The van der Waals surface area contributed by atoms with E-state index in [-0.39, 0.29) is 17.9 Å². The second-order valence-corrected chi connectivity index (χ2v) is 5.84. The standard InChI is InChI=1S/C17H24N2O3/c1-19(12-15-5-3-4-6-16(15)20)17(21)14-9-7-13(8-10-14)11-18-22-2/h7-11,15-16,20H,3-6,12H2,1-2H3/b18-11+. The third-order valence-corrected chi connectivity index (χ3v) is 4.19. The van der Waals surface area contributed by atoms with Crippen molar-refractivity contribution in [3.8, 4) is 0 Å². The highest BCUT2D eigenvalue weighted by molar-refractivity contribution is 5.94. The van der Waals surface area contributed by atoms with Gasteiger partial charge in [-0.25, -0.2) is 0 Å². The topological polar surface area (TPSA) is 62.1 Å². The Morgan fingerprint density at radius 3 is 2.68 bits per heavy atom. The number of hydrogen-bond acceptors (Lipinski definition) is 4. The van der Waals surface area contributed by atoms with Gasteiger partial charge in [0.15, 0.2) is 0 Å². The minimum absolute atomic E-state index is 0.0204. The van der Waals surface area contributed by atoms with Gasteiger partial charge in [-0.05, 0) is 30.5 Å². The van der Waals surface area contributed by atoms with E-state index in [4.69, 9.17) is 0 Å². The zero-order valence-electron chi connectivity index (χ0n) is 13.2. The Kier molecular flexibility index (Phi) is 5.95. The van der Waals surface area contributed by atoms with Crippen LogP contribution in [0.1, 0.15) is 41.6 Å². The minimum Gasteiger partial charge on any atom is -0.399 e. The van der Waals surface area contributed by atoms with Gasteiger partial charge < -0.3 is 14.8 Å². The van der Waals surface area contributed by atoms with Crippen LogP contribution in [0.25, 0.3) is 0 Å². The molecule has 2 atom stereocenters. The van der Waals surface area contributed by atoms with Crippen LogP contribution in [0.2, 0.25) is 0 Å². The van der Waals surface area contributed by atoms with Gasteiger partial charge in [-0.3, -0.25) is 4.79 Å². The van der Waals surface area contributed by atoms with E-state index in [1.165, 1.54) is 7.11 Å². The number of nitrogens with zero attached hydrogens (tertiary/aromatic N) is 2. The lowest BCUT2D eigenvalue weighted by Gasteiger charge is -2.31. The Bertz CT molecular complexity index is 513. The first-order chi connectivity index (χ1) is 10.6. The number of aliphatic hydroxyl groups is 1. The molecule has 1 amide bonds. The number of aliphatic hydroxyl groups excluding tert-OH is 1. The van der Waals surface area contributed by atoms with E-state index in [1.54, 1.807) is 30.3 Å². The number of amides is 1. The van der Waals surface area contributed by atoms with Crippen LogP contribution in [0.3, 0.4) is 0 Å². The van der Waals surface area contributed by atoms with Crippen LogP contribution in [0.5, 0.6) is 0 Å². The van der Waals surface area contributed by atoms with Gasteiger partial charge in [0.1, 0.15) is 7.11 Å². The molecule has 1 saturated carbocycles. The number of benzene rings is 1. The molecular formula is C17H24N2O3. The molecule has 1 aliphatic rings. The molecule has 0 saturated heterocycles. The van der Waals surface area contributed by atoms with Crippen molar-refractivity contribution in [3.63, 3.8) is 0 Å². The summed E-state index contributed by atoms with van der Waals surface area (Å²) in [5.41, 5.74) is 1.52. The number of oxime groups is 1. The zero-order valence-corrected chi connectivity index (χ0v) is 13.2. The molecule has 1 aromatic carbocycles. The lowest BCUT2D eigenvalue weighted by molar-refractivity contribution is 0.0451. The molecule has 0 spiro atoms. The number of rotatable bonds is 5. The van der Waals surface area contributed by atoms with E-state index in [0.29, 0.717) is 12.1 Å². The normalized spacial score (nSPS) is 21.8. The van der Waals surface area contributed by atoms with Crippen LogP contribution in [-0.2, 0) is 4.84 Å². The lowest BCUT2D eigenvalue weighted by Crippen LogP contribution is -2.38. The number of hydrogen-bond donors (Lipinski definition) is 1. The van der Waals surface area contributed by atoms with Crippen molar-refractivity contribution in [2.75, 3.05) is 20.7 Å². The smallest absolute Gasteiger partial charge is 0.253 e. The molecule has 1 N–H and O–H groups in total. The molecule has 1 aromatic rings. The predicted octanol–water partition coefficient (Wildman–Crippen LogP) is 2.29. The first-order valence-electron chi connectivity index (χ1n) is 7.72. The molecule has 0 radical (unpaired) electrons. The molecule has 0 aromatic heterocycles. The first kappa shape index (κ1) is 16.5. The molecule has 0 bridgehead atoms. The van der Waals surface area contributed by atoms with Gasteiger partial charge in [-0.15, -0.1) is 0 Å². The fraction of sp³-hybridized carbons (Fsp3) is 0.529. The van der Waals surface area contributed by atoms with Crippen molar-refractivity contribution < 1.29 is 14.7 Å². The van der Waals surface area contributed by atoms with Gasteiger partial charge in [-0.1, -0.05) is 30.1 Å². The molecule has 5 heteroatoms. The molecule has 0 heterocycles. The van der Waals surface area contributed by atoms with Crippen LogP contribution in [0.4, 0.5) is 0 Å². The first-order valence-corrected chi connectivity index (χ1v) is 7.72. The molecular weight excluding hydrogens is 280 g/mol. The Labute approximate surface area is 131 Å². The Morgan fingerprint density at radius 2 is 2.05 bits per heavy atom. The highest BCUT2D eigenvalue weighted by Crippen LogP contribution is 2.25. The third-order valence-electron chi connectivity index (χ3n) is 4.19. The molecule has 0 aliphatic heterocycles. The van der Waals surface area contributed by atoms with E-state index in [2.05, 4.69) is 9.99 Å². The fourth-order valence-corrected chi connectivity index (χ4v) is 2.88. The van der Waals surface area contributed by atoms with Crippen LogP contribution in [0.15, 0.2) is 29.4 Å². The van der Waals surface area contributed by atoms with Crippen LogP contribution in [-0.4, -0.2) is 48.9 Å². The summed E-state index contributed by atoms with van der Waals surface area (Å²) in [6.07, 6.45) is 5.37. The van der Waals surface area contributed by atoms with Gasteiger partial charge in [0.05, 0.1) is 12.3 Å². The Morgan fingerprint density at radius 1 is 1.36 bits per heavy atom. The van der Waals surface area contributed by atoms with Crippen LogP contribution < -0.4 is 0 Å². The third kappa shape index (κ3) is 4.31. The molecule has 2 unspecified atom stereocenters.